The molecule has 55 heavy (non-hydrogen) atoms. The zero-order valence-electron chi connectivity index (χ0n) is 29.9. The first-order valence-electron chi connectivity index (χ1n) is 18.7. The number of nitrogens with zero attached hydrogens (tertiary/aromatic N) is 3. The summed E-state index contributed by atoms with van der Waals surface area (Å²) in [4.78, 5) is 10.9. The summed E-state index contributed by atoms with van der Waals surface area (Å²) in [5, 5.41) is 7.32. The Balaban J connectivity index is 1.20. The molecule has 256 valence electrons. The Morgan fingerprint density at radius 2 is 0.873 bits per heavy atom. The highest BCUT2D eigenvalue weighted by Gasteiger charge is 2.23. The number of aromatic nitrogens is 3. The predicted molar refractivity (Wildman–Crippen MR) is 231 cm³/mol. The van der Waals surface area contributed by atoms with Crippen LogP contribution in [0.3, 0.4) is 0 Å². The number of para-hydroxylation sites is 2. The van der Waals surface area contributed by atoms with Crippen molar-refractivity contribution in [3.05, 3.63) is 200 Å². The molecule has 0 aliphatic heterocycles. The molecular formula is C52H33N3. The number of hydrogen-bond acceptors (Lipinski definition) is 2. The van der Waals surface area contributed by atoms with E-state index in [9.17, 15) is 0 Å². The third-order valence-electron chi connectivity index (χ3n) is 11.0. The van der Waals surface area contributed by atoms with Gasteiger partial charge in [-0.25, -0.2) is 9.97 Å². The largest absolute Gasteiger partial charge is 0.292 e. The van der Waals surface area contributed by atoms with E-state index in [4.69, 9.17) is 9.97 Å². The van der Waals surface area contributed by atoms with Gasteiger partial charge in [-0.3, -0.25) is 4.57 Å². The van der Waals surface area contributed by atoms with E-state index in [1.165, 1.54) is 60.1 Å². The van der Waals surface area contributed by atoms with Crippen LogP contribution in [0.25, 0.3) is 105 Å². The van der Waals surface area contributed by atoms with Gasteiger partial charge >= 0.3 is 0 Å². The zero-order chi connectivity index (χ0) is 36.3. The lowest BCUT2D eigenvalue weighted by atomic mass is 9.94. The topological polar surface area (TPSA) is 30.7 Å². The first-order chi connectivity index (χ1) is 27.3. The normalized spacial score (nSPS) is 11.6. The Morgan fingerprint density at radius 1 is 0.327 bits per heavy atom. The SMILES string of the molecule is c1ccc(-c2cccc(-c3ccc(-c4nc5ccccc5nc4-n4c5ccc6ccccc6c5c5c6ccccc6c(-c6ccccc6)cc54)cc3)c2)cc1. The van der Waals surface area contributed by atoms with Crippen molar-refractivity contribution in [2.75, 3.05) is 0 Å². The van der Waals surface area contributed by atoms with Crippen LogP contribution in [-0.4, -0.2) is 14.5 Å². The molecule has 0 atom stereocenters. The minimum Gasteiger partial charge on any atom is -0.292 e. The van der Waals surface area contributed by atoms with Crippen LogP contribution in [0.1, 0.15) is 0 Å². The first kappa shape index (κ1) is 31.2. The summed E-state index contributed by atoms with van der Waals surface area (Å²) in [5.74, 6) is 0.807. The van der Waals surface area contributed by atoms with Crippen molar-refractivity contribution in [3.8, 4) is 50.5 Å². The number of benzene rings is 9. The molecule has 0 amide bonds. The van der Waals surface area contributed by atoms with Gasteiger partial charge in [-0.15, -0.1) is 0 Å². The van der Waals surface area contributed by atoms with Crippen molar-refractivity contribution in [1.82, 2.24) is 14.5 Å². The molecule has 0 unspecified atom stereocenters. The van der Waals surface area contributed by atoms with Crippen molar-refractivity contribution in [3.63, 3.8) is 0 Å². The summed E-state index contributed by atoms with van der Waals surface area (Å²) in [6, 6.07) is 71.4. The fourth-order valence-electron chi connectivity index (χ4n) is 8.39. The van der Waals surface area contributed by atoms with Crippen LogP contribution in [0.5, 0.6) is 0 Å². The summed E-state index contributed by atoms with van der Waals surface area (Å²) in [6.07, 6.45) is 0. The van der Waals surface area contributed by atoms with Gasteiger partial charge in [-0.05, 0) is 85.3 Å². The highest BCUT2D eigenvalue weighted by molar-refractivity contribution is 6.30. The molecule has 2 aromatic heterocycles. The van der Waals surface area contributed by atoms with Gasteiger partial charge in [0.05, 0.1) is 22.1 Å². The molecule has 0 saturated heterocycles. The Kier molecular flexibility index (Phi) is 7.17. The summed E-state index contributed by atoms with van der Waals surface area (Å²) >= 11 is 0. The average molecular weight is 700 g/mol. The van der Waals surface area contributed by atoms with Crippen LogP contribution in [0.2, 0.25) is 0 Å². The highest BCUT2D eigenvalue weighted by Crippen LogP contribution is 2.45. The molecule has 0 radical (unpaired) electrons. The number of hydrogen-bond donors (Lipinski definition) is 0. The van der Waals surface area contributed by atoms with Crippen LogP contribution in [0.15, 0.2) is 200 Å². The van der Waals surface area contributed by atoms with Gasteiger partial charge < -0.3 is 0 Å². The molecule has 11 rings (SSSR count). The summed E-state index contributed by atoms with van der Waals surface area (Å²) in [6.45, 7) is 0. The maximum Gasteiger partial charge on any atom is 0.165 e. The van der Waals surface area contributed by atoms with Crippen molar-refractivity contribution < 1.29 is 0 Å². The fourth-order valence-corrected chi connectivity index (χ4v) is 8.39. The molecule has 2 heterocycles. The summed E-state index contributed by atoms with van der Waals surface area (Å²) < 4.78 is 2.36. The first-order valence-corrected chi connectivity index (χ1v) is 18.7. The van der Waals surface area contributed by atoms with Crippen LogP contribution in [0.4, 0.5) is 0 Å². The van der Waals surface area contributed by atoms with E-state index in [1.807, 2.05) is 12.1 Å². The third kappa shape index (κ3) is 5.13. The van der Waals surface area contributed by atoms with Crippen LogP contribution >= 0.6 is 0 Å². The smallest absolute Gasteiger partial charge is 0.165 e. The quantitative estimate of drug-likeness (QED) is 0.179. The standard InChI is InChI=1S/C52H33N3/c1-3-14-34(15-4-1)39-19-13-20-40(32-39)35-26-28-38(29-27-35)51-52(54-46-25-12-11-24-45(46)53-51)55-47-31-30-37-18-7-8-21-41(37)49(47)50-43-23-10-9-22-42(43)44(33-48(50)55)36-16-5-2-6-17-36/h1-33H. The maximum absolute atomic E-state index is 5.48. The predicted octanol–water partition coefficient (Wildman–Crippen LogP) is 13.7. The Morgan fingerprint density at radius 3 is 1.62 bits per heavy atom. The zero-order valence-corrected chi connectivity index (χ0v) is 29.9. The lowest BCUT2D eigenvalue weighted by molar-refractivity contribution is 1.08. The van der Waals surface area contributed by atoms with E-state index in [0.29, 0.717) is 0 Å². The van der Waals surface area contributed by atoms with Gasteiger partial charge in [0.1, 0.15) is 5.69 Å². The van der Waals surface area contributed by atoms with E-state index >= 15 is 0 Å². The van der Waals surface area contributed by atoms with Crippen molar-refractivity contribution in [2.45, 2.75) is 0 Å². The third-order valence-corrected chi connectivity index (χ3v) is 11.0. The maximum atomic E-state index is 5.48. The van der Waals surface area contributed by atoms with Crippen LogP contribution in [-0.2, 0) is 0 Å². The Bertz CT molecular complexity index is 3230. The number of fused-ring (bicyclic) bond motifs is 8. The van der Waals surface area contributed by atoms with E-state index in [-0.39, 0.29) is 0 Å². The molecule has 9 aromatic carbocycles. The average Bonchev–Trinajstić information content (AvgIpc) is 3.61. The molecule has 0 spiro atoms. The highest BCUT2D eigenvalue weighted by atomic mass is 15.1. The minimum absolute atomic E-state index is 0.807. The molecule has 3 heteroatoms. The van der Waals surface area contributed by atoms with E-state index in [2.05, 4.69) is 193 Å². The van der Waals surface area contributed by atoms with Gasteiger partial charge in [0, 0.05) is 16.3 Å². The molecule has 0 saturated carbocycles. The summed E-state index contributed by atoms with van der Waals surface area (Å²) in [5.41, 5.74) is 12.9. The molecule has 11 aromatic rings. The molecule has 3 nitrogen and oxygen atoms in total. The van der Waals surface area contributed by atoms with Crippen molar-refractivity contribution >= 4 is 54.4 Å². The van der Waals surface area contributed by atoms with Gasteiger partial charge in [-0.1, -0.05) is 170 Å². The molecular weight excluding hydrogens is 667 g/mol. The minimum atomic E-state index is 0.807. The second-order valence-corrected chi connectivity index (χ2v) is 14.2. The van der Waals surface area contributed by atoms with Gasteiger partial charge in [0.25, 0.3) is 0 Å². The lowest BCUT2D eigenvalue weighted by Crippen LogP contribution is -2.04. The van der Waals surface area contributed by atoms with Crippen LogP contribution in [0, 0.1) is 0 Å². The van der Waals surface area contributed by atoms with Gasteiger partial charge in [0.15, 0.2) is 5.82 Å². The van der Waals surface area contributed by atoms with E-state index < -0.39 is 0 Å². The van der Waals surface area contributed by atoms with E-state index in [1.54, 1.807) is 0 Å². The van der Waals surface area contributed by atoms with Gasteiger partial charge in [0.2, 0.25) is 0 Å². The molecule has 0 aliphatic carbocycles. The van der Waals surface area contributed by atoms with Crippen LogP contribution < -0.4 is 0 Å². The van der Waals surface area contributed by atoms with Gasteiger partial charge in [-0.2, -0.15) is 0 Å². The fraction of sp³-hybridized carbons (Fsp3) is 0. The molecule has 0 bridgehead atoms. The lowest BCUT2D eigenvalue weighted by Gasteiger charge is -2.15. The Labute approximate surface area is 318 Å². The van der Waals surface area contributed by atoms with E-state index in [0.717, 1.165) is 44.7 Å². The molecule has 0 fully saturated rings. The second-order valence-electron chi connectivity index (χ2n) is 14.2. The monoisotopic (exact) mass is 699 g/mol. The Hall–Kier alpha value is -7.36. The van der Waals surface area contributed by atoms with Crippen molar-refractivity contribution in [2.24, 2.45) is 0 Å². The molecule has 0 N–H and O–H groups in total. The van der Waals surface area contributed by atoms with Crippen molar-refractivity contribution in [1.29, 1.82) is 0 Å². The summed E-state index contributed by atoms with van der Waals surface area (Å²) in [7, 11) is 0. The molecule has 0 aliphatic rings. The number of rotatable bonds is 5. The second kappa shape index (κ2) is 12.6.